The van der Waals surface area contributed by atoms with E-state index in [4.69, 9.17) is 11.6 Å². The second-order valence-corrected chi connectivity index (χ2v) is 7.07. The van der Waals surface area contributed by atoms with Crippen molar-refractivity contribution in [1.82, 2.24) is 4.90 Å². The van der Waals surface area contributed by atoms with Crippen molar-refractivity contribution in [3.05, 3.63) is 64.7 Å². The van der Waals surface area contributed by atoms with Crippen LogP contribution >= 0.6 is 11.6 Å². The first-order chi connectivity index (χ1) is 12.3. The van der Waals surface area contributed by atoms with Gasteiger partial charge in [-0.25, -0.2) is 0 Å². The van der Waals surface area contributed by atoms with Crippen molar-refractivity contribution in [3.63, 3.8) is 0 Å². The summed E-state index contributed by atoms with van der Waals surface area (Å²) in [6, 6.07) is 15.2. The molecule has 0 saturated heterocycles. The first-order valence-corrected chi connectivity index (χ1v) is 9.05. The maximum Gasteiger partial charge on any atom is 0.243 e. The van der Waals surface area contributed by atoms with Gasteiger partial charge in [-0.2, -0.15) is 0 Å². The molecule has 0 unspecified atom stereocenters. The standard InChI is InChI=1S/C21H25ClN2O2/c1-15(2)23(13-18-8-6-5-7-9-18)21(26)14-24(17(4)25)20-11-10-19(22)12-16(20)3/h5-12,15H,13-14H2,1-4H3. The van der Waals surface area contributed by atoms with Crippen LogP contribution in [0.2, 0.25) is 5.02 Å². The summed E-state index contributed by atoms with van der Waals surface area (Å²) in [5.74, 6) is -0.263. The number of amides is 2. The average Bonchev–Trinajstić information content (AvgIpc) is 2.58. The molecule has 5 heteroatoms. The number of hydrogen-bond acceptors (Lipinski definition) is 2. The summed E-state index contributed by atoms with van der Waals surface area (Å²) >= 11 is 6.01. The number of carbonyl (C=O) groups is 2. The van der Waals surface area contributed by atoms with Gasteiger partial charge >= 0.3 is 0 Å². The van der Waals surface area contributed by atoms with Crippen molar-refractivity contribution in [1.29, 1.82) is 0 Å². The average molecular weight is 373 g/mol. The van der Waals surface area contributed by atoms with Crippen molar-refractivity contribution in [2.24, 2.45) is 0 Å². The Morgan fingerprint density at radius 2 is 1.73 bits per heavy atom. The molecule has 4 nitrogen and oxygen atoms in total. The van der Waals surface area contributed by atoms with Gasteiger partial charge < -0.3 is 9.80 Å². The summed E-state index contributed by atoms with van der Waals surface area (Å²) in [7, 11) is 0. The van der Waals surface area contributed by atoms with Crippen LogP contribution in [0.25, 0.3) is 0 Å². The zero-order chi connectivity index (χ0) is 19.3. The van der Waals surface area contributed by atoms with E-state index in [0.717, 1.165) is 11.1 Å². The third kappa shape index (κ3) is 5.09. The van der Waals surface area contributed by atoms with E-state index in [1.807, 2.05) is 51.1 Å². The Labute approximate surface area is 160 Å². The first kappa shape index (κ1) is 20.0. The fraction of sp³-hybridized carbons (Fsp3) is 0.333. The maximum absolute atomic E-state index is 13.0. The summed E-state index contributed by atoms with van der Waals surface area (Å²) in [5, 5.41) is 0.606. The lowest BCUT2D eigenvalue weighted by molar-refractivity contribution is -0.133. The van der Waals surface area contributed by atoms with Crippen LogP contribution in [0.4, 0.5) is 5.69 Å². The Hall–Kier alpha value is -2.33. The number of carbonyl (C=O) groups excluding carboxylic acids is 2. The smallest absolute Gasteiger partial charge is 0.243 e. The minimum absolute atomic E-state index is 0.00280. The van der Waals surface area contributed by atoms with Gasteiger partial charge in [0.1, 0.15) is 6.54 Å². The molecular formula is C21H25ClN2O2. The Bertz CT molecular complexity index is 775. The minimum Gasteiger partial charge on any atom is -0.334 e. The van der Waals surface area contributed by atoms with Gasteiger partial charge in [-0.05, 0) is 50.1 Å². The molecule has 0 fully saturated rings. The maximum atomic E-state index is 13.0. The van der Waals surface area contributed by atoms with Crippen molar-refractivity contribution in [2.75, 3.05) is 11.4 Å². The molecule has 138 valence electrons. The van der Waals surface area contributed by atoms with Gasteiger partial charge in [-0.1, -0.05) is 41.9 Å². The van der Waals surface area contributed by atoms with Crippen LogP contribution in [0, 0.1) is 6.92 Å². The zero-order valence-corrected chi connectivity index (χ0v) is 16.5. The number of halogens is 1. The summed E-state index contributed by atoms with van der Waals surface area (Å²) < 4.78 is 0. The fourth-order valence-electron chi connectivity index (χ4n) is 2.85. The third-order valence-electron chi connectivity index (χ3n) is 4.26. The van der Waals surface area contributed by atoms with Gasteiger partial charge in [-0.3, -0.25) is 9.59 Å². The molecule has 0 aromatic heterocycles. The van der Waals surface area contributed by atoms with E-state index in [1.54, 1.807) is 23.1 Å². The third-order valence-corrected chi connectivity index (χ3v) is 4.50. The Morgan fingerprint density at radius 1 is 1.08 bits per heavy atom. The largest absolute Gasteiger partial charge is 0.334 e. The molecule has 0 bridgehead atoms. The predicted molar refractivity (Wildman–Crippen MR) is 106 cm³/mol. The highest BCUT2D eigenvalue weighted by molar-refractivity contribution is 6.30. The Morgan fingerprint density at radius 3 is 2.27 bits per heavy atom. The van der Waals surface area contributed by atoms with E-state index in [9.17, 15) is 9.59 Å². The van der Waals surface area contributed by atoms with Crippen LogP contribution in [0.5, 0.6) is 0 Å². The quantitative estimate of drug-likeness (QED) is 0.752. The van der Waals surface area contributed by atoms with Gasteiger partial charge in [0.05, 0.1) is 0 Å². The van der Waals surface area contributed by atoms with Gasteiger partial charge in [0.15, 0.2) is 0 Å². The van der Waals surface area contributed by atoms with Crippen molar-refractivity contribution in [3.8, 4) is 0 Å². The van der Waals surface area contributed by atoms with E-state index in [2.05, 4.69) is 0 Å². The molecule has 0 heterocycles. The molecule has 0 aliphatic carbocycles. The zero-order valence-electron chi connectivity index (χ0n) is 15.7. The molecule has 2 rings (SSSR count). The number of hydrogen-bond donors (Lipinski definition) is 0. The van der Waals surface area contributed by atoms with Crippen LogP contribution in [-0.2, 0) is 16.1 Å². The normalized spacial score (nSPS) is 10.7. The first-order valence-electron chi connectivity index (χ1n) is 8.67. The lowest BCUT2D eigenvalue weighted by Gasteiger charge is -2.30. The van der Waals surface area contributed by atoms with Crippen LogP contribution in [0.15, 0.2) is 48.5 Å². The van der Waals surface area contributed by atoms with Crippen LogP contribution in [-0.4, -0.2) is 29.3 Å². The summed E-state index contributed by atoms with van der Waals surface area (Å²) in [4.78, 5) is 28.4. The van der Waals surface area contributed by atoms with E-state index in [0.29, 0.717) is 17.3 Å². The summed E-state index contributed by atoms with van der Waals surface area (Å²) in [6.45, 7) is 7.83. The molecule has 26 heavy (non-hydrogen) atoms. The van der Waals surface area contributed by atoms with E-state index in [1.165, 1.54) is 11.8 Å². The number of rotatable bonds is 6. The molecule has 0 saturated carbocycles. The molecule has 0 N–H and O–H groups in total. The minimum atomic E-state index is -0.174. The SMILES string of the molecule is CC(=O)N(CC(=O)N(Cc1ccccc1)C(C)C)c1ccc(Cl)cc1C. The van der Waals surface area contributed by atoms with Crippen LogP contribution in [0.1, 0.15) is 31.9 Å². The van der Waals surface area contributed by atoms with E-state index < -0.39 is 0 Å². The molecule has 2 amide bonds. The lowest BCUT2D eigenvalue weighted by atomic mass is 10.1. The lowest BCUT2D eigenvalue weighted by Crippen LogP contribution is -2.45. The second-order valence-electron chi connectivity index (χ2n) is 6.64. The van der Waals surface area contributed by atoms with Gasteiger partial charge in [-0.15, -0.1) is 0 Å². The monoisotopic (exact) mass is 372 g/mol. The number of benzene rings is 2. The topological polar surface area (TPSA) is 40.6 Å². The van der Waals surface area contributed by atoms with E-state index >= 15 is 0 Å². The molecule has 2 aromatic carbocycles. The van der Waals surface area contributed by atoms with Gasteiger partial charge in [0.2, 0.25) is 11.8 Å². The Kier molecular flexibility index (Phi) is 6.81. The van der Waals surface area contributed by atoms with Crippen LogP contribution in [0.3, 0.4) is 0 Å². The molecule has 0 spiro atoms. The number of aryl methyl sites for hydroxylation is 1. The van der Waals surface area contributed by atoms with Crippen LogP contribution < -0.4 is 4.90 Å². The second kappa shape index (κ2) is 8.86. The molecule has 0 aliphatic rings. The predicted octanol–water partition coefficient (Wildman–Crippen LogP) is 4.44. The number of nitrogens with zero attached hydrogens (tertiary/aromatic N) is 2. The molecule has 0 aliphatic heterocycles. The Balaban J connectivity index is 2.22. The number of anilines is 1. The highest BCUT2D eigenvalue weighted by Crippen LogP contribution is 2.24. The molecule has 2 aromatic rings. The summed E-state index contributed by atoms with van der Waals surface area (Å²) in [5.41, 5.74) is 2.63. The molecular weight excluding hydrogens is 348 g/mol. The molecule has 0 radical (unpaired) electrons. The van der Waals surface area contributed by atoms with E-state index in [-0.39, 0.29) is 24.4 Å². The highest BCUT2D eigenvalue weighted by atomic mass is 35.5. The highest BCUT2D eigenvalue weighted by Gasteiger charge is 2.23. The fourth-order valence-corrected chi connectivity index (χ4v) is 3.08. The summed E-state index contributed by atoms with van der Waals surface area (Å²) in [6.07, 6.45) is 0. The van der Waals surface area contributed by atoms with Gasteiger partial charge in [0, 0.05) is 30.2 Å². The molecule has 0 atom stereocenters. The van der Waals surface area contributed by atoms with Crippen molar-refractivity contribution < 1.29 is 9.59 Å². The van der Waals surface area contributed by atoms with Crippen molar-refractivity contribution >= 4 is 29.1 Å². The van der Waals surface area contributed by atoms with Gasteiger partial charge in [0.25, 0.3) is 0 Å². The van der Waals surface area contributed by atoms with Crippen molar-refractivity contribution in [2.45, 2.75) is 40.3 Å².